The fourth-order valence-corrected chi connectivity index (χ4v) is 2.36. The zero-order chi connectivity index (χ0) is 14.6. The third-order valence-corrected chi connectivity index (χ3v) is 3.55. The first kappa shape index (κ1) is 15.2. The van der Waals surface area contributed by atoms with E-state index in [1.807, 2.05) is 19.1 Å². The lowest BCUT2D eigenvalue weighted by molar-refractivity contribution is -0.135. The van der Waals surface area contributed by atoms with Crippen molar-refractivity contribution in [3.8, 4) is 5.75 Å². The van der Waals surface area contributed by atoms with Crippen LogP contribution in [-0.2, 0) is 6.42 Å². The molecule has 112 valence electrons. The molecule has 1 N–H and O–H groups in total. The second-order valence-electron chi connectivity index (χ2n) is 5.21. The van der Waals surface area contributed by atoms with E-state index in [9.17, 15) is 13.2 Å². The summed E-state index contributed by atoms with van der Waals surface area (Å²) in [4.78, 5) is 0. The molecule has 0 fully saturated rings. The smallest absolute Gasteiger partial charge is 0.389 e. The van der Waals surface area contributed by atoms with Crippen LogP contribution in [0, 0.1) is 0 Å². The standard InChI is InChI=1S/C15H20F3NO/c1-11(19-8-3-2-7-15(16,17)18)12-4-5-14-13(10-12)6-9-20-14/h4-5,10-11,19H,2-3,6-9H2,1H3. The third kappa shape index (κ3) is 4.40. The highest BCUT2D eigenvalue weighted by molar-refractivity contribution is 5.40. The Bertz CT molecular complexity index is 445. The van der Waals surface area contributed by atoms with Gasteiger partial charge in [-0.3, -0.25) is 0 Å². The van der Waals surface area contributed by atoms with Crippen molar-refractivity contribution in [2.45, 2.75) is 44.8 Å². The van der Waals surface area contributed by atoms with E-state index in [1.54, 1.807) is 0 Å². The maximum absolute atomic E-state index is 12.0. The van der Waals surface area contributed by atoms with Crippen LogP contribution >= 0.6 is 0 Å². The lowest BCUT2D eigenvalue weighted by atomic mass is 10.0. The average molecular weight is 287 g/mol. The molecule has 1 aromatic carbocycles. The summed E-state index contributed by atoms with van der Waals surface area (Å²) in [6, 6.07) is 6.25. The van der Waals surface area contributed by atoms with Crippen molar-refractivity contribution < 1.29 is 17.9 Å². The molecule has 2 rings (SSSR count). The van der Waals surface area contributed by atoms with E-state index in [1.165, 1.54) is 5.56 Å². The maximum atomic E-state index is 12.0. The van der Waals surface area contributed by atoms with Gasteiger partial charge in [-0.25, -0.2) is 0 Å². The van der Waals surface area contributed by atoms with Gasteiger partial charge < -0.3 is 10.1 Å². The molecule has 0 spiro atoms. The molecule has 0 radical (unpaired) electrons. The van der Waals surface area contributed by atoms with E-state index >= 15 is 0 Å². The summed E-state index contributed by atoms with van der Waals surface area (Å²) in [6.07, 6.45) is -3.08. The summed E-state index contributed by atoms with van der Waals surface area (Å²) in [5.41, 5.74) is 2.37. The molecule has 0 bridgehead atoms. The average Bonchev–Trinajstić information content (AvgIpc) is 2.83. The number of nitrogens with one attached hydrogen (secondary N) is 1. The Labute approximate surface area is 117 Å². The van der Waals surface area contributed by atoms with Crippen LogP contribution in [0.15, 0.2) is 18.2 Å². The predicted molar refractivity (Wildman–Crippen MR) is 72.0 cm³/mol. The number of hydrogen-bond donors (Lipinski definition) is 1. The topological polar surface area (TPSA) is 21.3 Å². The van der Waals surface area contributed by atoms with Gasteiger partial charge in [-0.2, -0.15) is 13.2 Å². The molecule has 0 aromatic heterocycles. The number of hydrogen-bond acceptors (Lipinski definition) is 2. The van der Waals surface area contributed by atoms with Crippen LogP contribution in [-0.4, -0.2) is 19.3 Å². The SMILES string of the molecule is CC(NCCCCC(F)(F)F)c1ccc2c(c1)CCO2. The molecule has 5 heteroatoms. The van der Waals surface area contributed by atoms with E-state index < -0.39 is 12.6 Å². The summed E-state index contributed by atoms with van der Waals surface area (Å²) in [5, 5.41) is 3.27. The monoisotopic (exact) mass is 287 g/mol. The molecule has 20 heavy (non-hydrogen) atoms. The van der Waals surface area contributed by atoms with Crippen LogP contribution in [0.25, 0.3) is 0 Å². The first-order valence-corrected chi connectivity index (χ1v) is 7.01. The number of unbranched alkanes of at least 4 members (excludes halogenated alkanes) is 1. The molecule has 1 atom stereocenters. The number of ether oxygens (including phenoxy) is 1. The van der Waals surface area contributed by atoms with Gasteiger partial charge in [0.25, 0.3) is 0 Å². The minimum atomic E-state index is -4.04. The zero-order valence-electron chi connectivity index (χ0n) is 11.6. The van der Waals surface area contributed by atoms with Gasteiger partial charge in [0, 0.05) is 18.9 Å². The fraction of sp³-hybridized carbons (Fsp3) is 0.600. The van der Waals surface area contributed by atoms with Gasteiger partial charge in [0.15, 0.2) is 0 Å². The molecule has 0 saturated heterocycles. The second-order valence-corrected chi connectivity index (χ2v) is 5.21. The van der Waals surface area contributed by atoms with Crippen LogP contribution in [0.1, 0.15) is 43.4 Å². The number of fused-ring (bicyclic) bond motifs is 1. The molecule has 1 aliphatic heterocycles. The van der Waals surface area contributed by atoms with Gasteiger partial charge >= 0.3 is 6.18 Å². The minimum absolute atomic E-state index is 0.145. The van der Waals surface area contributed by atoms with Crippen molar-refractivity contribution in [1.29, 1.82) is 0 Å². The highest BCUT2D eigenvalue weighted by Crippen LogP contribution is 2.28. The highest BCUT2D eigenvalue weighted by Gasteiger charge is 2.25. The van der Waals surface area contributed by atoms with Crippen molar-refractivity contribution in [3.05, 3.63) is 29.3 Å². The summed E-state index contributed by atoms with van der Waals surface area (Å²) < 4.78 is 41.5. The Morgan fingerprint density at radius 1 is 1.30 bits per heavy atom. The molecule has 1 unspecified atom stereocenters. The van der Waals surface area contributed by atoms with Crippen LogP contribution in [0.4, 0.5) is 13.2 Å². The molecule has 2 nitrogen and oxygen atoms in total. The second kappa shape index (κ2) is 6.48. The lowest BCUT2D eigenvalue weighted by Crippen LogP contribution is -2.20. The molecular formula is C15H20F3NO. The Balaban J connectivity index is 1.73. The molecule has 0 saturated carbocycles. The van der Waals surface area contributed by atoms with Gasteiger partial charge in [0.1, 0.15) is 5.75 Å². The Kier molecular flexibility index (Phi) is 4.91. The summed E-state index contributed by atoms with van der Waals surface area (Å²) >= 11 is 0. The summed E-state index contributed by atoms with van der Waals surface area (Å²) in [6.45, 7) is 3.37. The van der Waals surface area contributed by atoms with Crippen LogP contribution in [0.5, 0.6) is 5.75 Å². The zero-order valence-corrected chi connectivity index (χ0v) is 11.6. The van der Waals surface area contributed by atoms with Crippen molar-refractivity contribution >= 4 is 0 Å². The van der Waals surface area contributed by atoms with Gasteiger partial charge in [-0.15, -0.1) is 0 Å². The number of rotatable bonds is 6. The van der Waals surface area contributed by atoms with Gasteiger partial charge in [0.2, 0.25) is 0 Å². The number of halogens is 3. The fourth-order valence-electron chi connectivity index (χ4n) is 2.36. The Morgan fingerprint density at radius 3 is 2.85 bits per heavy atom. The van der Waals surface area contributed by atoms with E-state index in [0.717, 1.165) is 24.3 Å². The Hall–Kier alpha value is -1.23. The summed E-state index contributed by atoms with van der Waals surface area (Å²) in [5.74, 6) is 0.950. The van der Waals surface area contributed by atoms with Gasteiger partial charge in [0.05, 0.1) is 6.61 Å². The quantitative estimate of drug-likeness (QED) is 0.798. The summed E-state index contributed by atoms with van der Waals surface area (Å²) in [7, 11) is 0. The van der Waals surface area contributed by atoms with E-state index in [0.29, 0.717) is 13.0 Å². The van der Waals surface area contributed by atoms with Crippen molar-refractivity contribution in [2.75, 3.05) is 13.2 Å². The van der Waals surface area contributed by atoms with Crippen molar-refractivity contribution in [3.63, 3.8) is 0 Å². The molecule has 1 aliphatic rings. The Morgan fingerprint density at radius 2 is 2.10 bits per heavy atom. The van der Waals surface area contributed by atoms with Crippen molar-refractivity contribution in [2.24, 2.45) is 0 Å². The molecule has 0 amide bonds. The minimum Gasteiger partial charge on any atom is -0.493 e. The maximum Gasteiger partial charge on any atom is 0.389 e. The van der Waals surface area contributed by atoms with Crippen molar-refractivity contribution in [1.82, 2.24) is 5.32 Å². The molecule has 0 aliphatic carbocycles. The van der Waals surface area contributed by atoms with E-state index in [4.69, 9.17) is 4.74 Å². The molecular weight excluding hydrogens is 267 g/mol. The van der Waals surface area contributed by atoms with E-state index in [2.05, 4.69) is 11.4 Å². The normalized spacial score (nSPS) is 15.8. The lowest BCUT2D eigenvalue weighted by Gasteiger charge is -2.15. The number of benzene rings is 1. The highest BCUT2D eigenvalue weighted by atomic mass is 19.4. The molecule has 1 heterocycles. The van der Waals surface area contributed by atoms with Gasteiger partial charge in [-0.05, 0) is 43.5 Å². The number of alkyl halides is 3. The first-order valence-electron chi connectivity index (χ1n) is 7.01. The van der Waals surface area contributed by atoms with Crippen LogP contribution in [0.2, 0.25) is 0 Å². The van der Waals surface area contributed by atoms with Gasteiger partial charge in [-0.1, -0.05) is 12.1 Å². The predicted octanol–water partition coefficient (Wildman–Crippen LogP) is 4.00. The van der Waals surface area contributed by atoms with Crippen LogP contribution in [0.3, 0.4) is 0 Å². The third-order valence-electron chi connectivity index (χ3n) is 3.55. The van der Waals surface area contributed by atoms with E-state index in [-0.39, 0.29) is 12.5 Å². The van der Waals surface area contributed by atoms with Crippen LogP contribution < -0.4 is 10.1 Å². The largest absolute Gasteiger partial charge is 0.493 e. The first-order chi connectivity index (χ1) is 9.46. The molecule has 1 aromatic rings.